The van der Waals surface area contributed by atoms with E-state index >= 15 is 0 Å². The highest BCUT2D eigenvalue weighted by Gasteiger charge is 2.39. The summed E-state index contributed by atoms with van der Waals surface area (Å²) in [5.74, 6) is 0. The molecule has 0 saturated heterocycles. The van der Waals surface area contributed by atoms with E-state index in [9.17, 15) is 0 Å². The fourth-order valence-corrected chi connectivity index (χ4v) is 11.0. The largest absolute Gasteiger partial charge is 0.308 e. The summed E-state index contributed by atoms with van der Waals surface area (Å²) in [6.45, 7) is 9.52. The van der Waals surface area contributed by atoms with Crippen molar-refractivity contribution in [3.05, 3.63) is 144 Å². The van der Waals surface area contributed by atoms with Gasteiger partial charge in [-0.1, -0.05) is 125 Å². The summed E-state index contributed by atoms with van der Waals surface area (Å²) < 4.78 is 5.14. The quantitative estimate of drug-likeness (QED) is 0.157. The normalized spacial score (nSPS) is 15.9. The minimum atomic E-state index is -0.0259. The van der Waals surface area contributed by atoms with Crippen LogP contribution in [0.4, 0.5) is 0 Å². The maximum Gasteiger partial charge on any atom is 0.0620 e. The third-order valence-electron chi connectivity index (χ3n) is 13.2. The van der Waals surface area contributed by atoms with Gasteiger partial charge in [0, 0.05) is 53.9 Å². The average Bonchev–Trinajstić information content (AvgIpc) is 3.93. The first kappa shape index (κ1) is 26.1. The summed E-state index contributed by atoms with van der Waals surface area (Å²) in [5, 5.41) is 10.8. The summed E-state index contributed by atoms with van der Waals surface area (Å²) >= 11 is 0. The second-order valence-corrected chi connectivity index (χ2v) is 16.1. The molecule has 7 aromatic carbocycles. The molecule has 0 radical (unpaired) electrons. The van der Waals surface area contributed by atoms with Crippen LogP contribution in [0.15, 0.2) is 121 Å². The molecule has 50 heavy (non-hydrogen) atoms. The SMILES string of the molecule is CC1(C)c2ccccc2-c2c1ccc1c2c2cccc3c4cc5c(cc4n1c32)c1cccc2c3c4c(ccc3n5c12)C(C)(C)c1ccccc1-4. The monoisotopic (exact) mass is 636 g/mol. The van der Waals surface area contributed by atoms with Crippen LogP contribution in [0.25, 0.3) is 98.4 Å². The van der Waals surface area contributed by atoms with E-state index in [1.165, 1.54) is 121 Å². The number of para-hydroxylation sites is 2. The summed E-state index contributed by atoms with van der Waals surface area (Å²) in [5.41, 5.74) is 19.1. The molecule has 0 spiro atoms. The first-order chi connectivity index (χ1) is 24.4. The first-order valence-electron chi connectivity index (χ1n) is 18.0. The molecule has 4 heterocycles. The van der Waals surface area contributed by atoms with Crippen molar-refractivity contribution in [2.24, 2.45) is 0 Å². The molecular formula is C48H32N2. The van der Waals surface area contributed by atoms with Crippen LogP contribution < -0.4 is 0 Å². The summed E-state index contributed by atoms with van der Waals surface area (Å²) in [6, 6.07) is 46.6. The van der Waals surface area contributed by atoms with Crippen molar-refractivity contribution in [2.45, 2.75) is 38.5 Å². The number of benzene rings is 7. The van der Waals surface area contributed by atoms with Gasteiger partial charge in [-0.05, 0) is 68.8 Å². The topological polar surface area (TPSA) is 8.82 Å². The van der Waals surface area contributed by atoms with Crippen molar-refractivity contribution in [3.63, 3.8) is 0 Å². The van der Waals surface area contributed by atoms with Crippen molar-refractivity contribution in [3.8, 4) is 22.3 Å². The van der Waals surface area contributed by atoms with Gasteiger partial charge in [0.15, 0.2) is 0 Å². The zero-order valence-corrected chi connectivity index (χ0v) is 28.4. The zero-order chi connectivity index (χ0) is 33.0. The molecule has 0 aliphatic heterocycles. The fraction of sp³-hybridized carbons (Fsp3) is 0.125. The molecule has 13 rings (SSSR count). The van der Waals surface area contributed by atoms with Gasteiger partial charge in [0.2, 0.25) is 0 Å². The van der Waals surface area contributed by atoms with Crippen LogP contribution in [-0.4, -0.2) is 8.80 Å². The van der Waals surface area contributed by atoms with E-state index in [2.05, 4.69) is 158 Å². The molecule has 0 fully saturated rings. The lowest BCUT2D eigenvalue weighted by Gasteiger charge is -2.21. The van der Waals surface area contributed by atoms with Crippen LogP contribution in [-0.2, 0) is 10.8 Å². The third kappa shape index (κ3) is 2.58. The minimum absolute atomic E-state index is 0.0259. The van der Waals surface area contributed by atoms with Crippen LogP contribution in [0.3, 0.4) is 0 Å². The lowest BCUT2D eigenvalue weighted by atomic mass is 9.82. The Morgan fingerprint density at radius 2 is 0.780 bits per heavy atom. The Kier molecular flexibility index (Phi) is 4.15. The van der Waals surface area contributed by atoms with Crippen molar-refractivity contribution < 1.29 is 0 Å². The maximum absolute atomic E-state index is 2.57. The molecule has 11 aromatic rings. The van der Waals surface area contributed by atoms with Crippen molar-refractivity contribution >= 4 is 76.2 Å². The Morgan fingerprint density at radius 1 is 0.360 bits per heavy atom. The molecule has 0 saturated carbocycles. The van der Waals surface area contributed by atoms with Gasteiger partial charge in [-0.15, -0.1) is 0 Å². The number of hydrogen-bond acceptors (Lipinski definition) is 0. The molecule has 0 amide bonds. The van der Waals surface area contributed by atoms with Crippen LogP contribution >= 0.6 is 0 Å². The van der Waals surface area contributed by atoms with Crippen molar-refractivity contribution in [1.29, 1.82) is 0 Å². The highest BCUT2D eigenvalue weighted by Crippen LogP contribution is 2.56. The van der Waals surface area contributed by atoms with E-state index in [0.29, 0.717) is 0 Å². The Labute approximate surface area is 288 Å². The molecule has 0 N–H and O–H groups in total. The average molecular weight is 637 g/mol. The number of fused-ring (bicyclic) bond motifs is 20. The molecule has 2 aliphatic carbocycles. The summed E-state index contributed by atoms with van der Waals surface area (Å²) in [6.07, 6.45) is 0. The Hall–Kier alpha value is -5.86. The fourth-order valence-electron chi connectivity index (χ4n) is 11.0. The molecule has 2 aliphatic rings. The molecule has 2 nitrogen and oxygen atoms in total. The number of rotatable bonds is 0. The Balaban J connectivity index is 1.19. The van der Waals surface area contributed by atoms with Gasteiger partial charge < -0.3 is 8.80 Å². The first-order valence-corrected chi connectivity index (χ1v) is 18.0. The van der Waals surface area contributed by atoms with Gasteiger partial charge in [-0.3, -0.25) is 0 Å². The Morgan fingerprint density at radius 3 is 1.24 bits per heavy atom. The van der Waals surface area contributed by atoms with Gasteiger partial charge in [0.1, 0.15) is 0 Å². The summed E-state index contributed by atoms with van der Waals surface area (Å²) in [4.78, 5) is 0. The molecule has 4 aromatic heterocycles. The standard InChI is InChI=1S/C48H32N2/c1-47(2)33-17-7-5-11-27(33)41-35(47)19-21-37-43(41)29-15-9-13-25-31-24-40-32(23-39(31)49(37)45(25)29)26-14-10-16-30-44-38(50(40)46(26)30)22-20-36-42(44)28-12-6-8-18-34(28)48(36,3)4/h5-24H,1-4H3. The molecular weight excluding hydrogens is 605 g/mol. The predicted molar refractivity (Wildman–Crippen MR) is 211 cm³/mol. The highest BCUT2D eigenvalue weighted by atomic mass is 14.9. The molecule has 0 unspecified atom stereocenters. The lowest BCUT2D eigenvalue weighted by molar-refractivity contribution is 0.660. The smallest absolute Gasteiger partial charge is 0.0620 e. The summed E-state index contributed by atoms with van der Waals surface area (Å²) in [7, 11) is 0. The second-order valence-electron chi connectivity index (χ2n) is 16.1. The number of hydrogen-bond donors (Lipinski definition) is 0. The molecule has 0 bridgehead atoms. The van der Waals surface area contributed by atoms with E-state index in [-0.39, 0.29) is 10.8 Å². The van der Waals surface area contributed by atoms with Crippen LogP contribution in [0, 0.1) is 0 Å². The highest BCUT2D eigenvalue weighted by molar-refractivity contribution is 6.31. The van der Waals surface area contributed by atoms with Gasteiger partial charge in [-0.2, -0.15) is 0 Å². The van der Waals surface area contributed by atoms with Gasteiger partial charge in [-0.25, -0.2) is 0 Å². The molecule has 0 atom stereocenters. The zero-order valence-electron chi connectivity index (χ0n) is 28.4. The van der Waals surface area contributed by atoms with E-state index in [1.54, 1.807) is 0 Å². The van der Waals surface area contributed by atoms with Gasteiger partial charge in [0.25, 0.3) is 0 Å². The third-order valence-corrected chi connectivity index (χ3v) is 13.2. The molecule has 234 valence electrons. The minimum Gasteiger partial charge on any atom is -0.308 e. The lowest BCUT2D eigenvalue weighted by Crippen LogP contribution is -2.14. The van der Waals surface area contributed by atoms with E-state index in [4.69, 9.17) is 0 Å². The van der Waals surface area contributed by atoms with Crippen molar-refractivity contribution in [2.75, 3.05) is 0 Å². The Bertz CT molecular complexity index is 3140. The van der Waals surface area contributed by atoms with Gasteiger partial charge in [0.05, 0.1) is 33.1 Å². The van der Waals surface area contributed by atoms with E-state index in [1.807, 2.05) is 0 Å². The van der Waals surface area contributed by atoms with Crippen molar-refractivity contribution in [1.82, 2.24) is 8.80 Å². The molecule has 2 heteroatoms. The maximum atomic E-state index is 2.57. The van der Waals surface area contributed by atoms with Gasteiger partial charge >= 0.3 is 0 Å². The number of nitrogens with zero attached hydrogens (tertiary/aromatic N) is 2. The van der Waals surface area contributed by atoms with Crippen LogP contribution in [0.5, 0.6) is 0 Å². The van der Waals surface area contributed by atoms with Crippen LogP contribution in [0.2, 0.25) is 0 Å². The predicted octanol–water partition coefficient (Wildman–Crippen LogP) is 12.6. The number of aromatic nitrogens is 2. The second kappa shape index (κ2) is 7.95. The van der Waals surface area contributed by atoms with Crippen LogP contribution in [0.1, 0.15) is 49.9 Å². The van der Waals surface area contributed by atoms with E-state index in [0.717, 1.165) is 0 Å². The van der Waals surface area contributed by atoms with E-state index < -0.39 is 0 Å².